The largest absolute Gasteiger partial charge is 0.481 e. The van der Waals surface area contributed by atoms with Crippen molar-refractivity contribution in [3.8, 4) is 0 Å². The maximum absolute atomic E-state index is 12.0. The molecule has 21 heavy (non-hydrogen) atoms. The van der Waals surface area contributed by atoms with Gasteiger partial charge in [0.15, 0.2) is 0 Å². The number of rotatable bonds is 6. The Kier molecular flexibility index (Phi) is 6.24. The molecule has 0 bridgehead atoms. The van der Waals surface area contributed by atoms with Crippen molar-refractivity contribution in [2.24, 2.45) is 16.7 Å². The Bertz CT molecular complexity index is 365. The first-order chi connectivity index (χ1) is 9.65. The van der Waals surface area contributed by atoms with Crippen LogP contribution in [0.25, 0.3) is 0 Å². The molecular formula is C17H31NO3. The molecule has 1 aliphatic rings. The van der Waals surface area contributed by atoms with E-state index in [-0.39, 0.29) is 17.9 Å². The fourth-order valence-corrected chi connectivity index (χ4v) is 3.47. The predicted octanol–water partition coefficient (Wildman–Crippen LogP) is 3.60. The van der Waals surface area contributed by atoms with Crippen molar-refractivity contribution >= 4 is 11.9 Å². The van der Waals surface area contributed by atoms with Crippen LogP contribution in [0.3, 0.4) is 0 Å². The van der Waals surface area contributed by atoms with Gasteiger partial charge in [-0.3, -0.25) is 9.59 Å². The number of amides is 1. The highest BCUT2D eigenvalue weighted by Crippen LogP contribution is 2.36. The second kappa shape index (κ2) is 7.28. The van der Waals surface area contributed by atoms with E-state index in [1.165, 1.54) is 0 Å². The highest BCUT2D eigenvalue weighted by atomic mass is 16.4. The summed E-state index contributed by atoms with van der Waals surface area (Å²) in [6.07, 6.45) is 5.83. The zero-order chi connectivity index (χ0) is 16.1. The topological polar surface area (TPSA) is 66.4 Å². The summed E-state index contributed by atoms with van der Waals surface area (Å²) in [7, 11) is 0. The van der Waals surface area contributed by atoms with Gasteiger partial charge in [0.1, 0.15) is 0 Å². The Morgan fingerprint density at radius 2 is 1.76 bits per heavy atom. The molecule has 0 aromatic carbocycles. The van der Waals surface area contributed by atoms with E-state index < -0.39 is 11.4 Å². The fraction of sp³-hybridized carbons (Fsp3) is 0.882. The highest BCUT2D eigenvalue weighted by molar-refractivity contribution is 5.79. The Morgan fingerprint density at radius 3 is 2.24 bits per heavy atom. The van der Waals surface area contributed by atoms with Gasteiger partial charge in [0.25, 0.3) is 0 Å². The van der Waals surface area contributed by atoms with Crippen LogP contribution in [-0.4, -0.2) is 23.5 Å². The molecule has 0 saturated heterocycles. The van der Waals surface area contributed by atoms with Crippen molar-refractivity contribution in [2.45, 2.75) is 72.6 Å². The SMILES string of the molecule is CC(CC(=O)NCC1(C(=O)O)CCCCC1)CC(C)(C)C. The number of nitrogens with one attached hydrogen (secondary N) is 1. The van der Waals surface area contributed by atoms with Crippen molar-refractivity contribution in [3.63, 3.8) is 0 Å². The standard InChI is InChI=1S/C17H31NO3/c1-13(11-16(2,3)4)10-14(19)18-12-17(15(20)21)8-6-5-7-9-17/h13H,5-12H2,1-4H3,(H,18,19)(H,20,21). The van der Waals surface area contributed by atoms with Gasteiger partial charge in [-0.25, -0.2) is 0 Å². The van der Waals surface area contributed by atoms with Crippen LogP contribution >= 0.6 is 0 Å². The summed E-state index contributed by atoms with van der Waals surface area (Å²) in [5, 5.41) is 12.4. The van der Waals surface area contributed by atoms with E-state index in [9.17, 15) is 14.7 Å². The number of hydrogen-bond donors (Lipinski definition) is 2. The third kappa shape index (κ3) is 6.06. The average Bonchev–Trinajstić information content (AvgIpc) is 2.35. The Morgan fingerprint density at radius 1 is 1.19 bits per heavy atom. The minimum Gasteiger partial charge on any atom is -0.481 e. The Hall–Kier alpha value is -1.06. The van der Waals surface area contributed by atoms with Gasteiger partial charge >= 0.3 is 5.97 Å². The van der Waals surface area contributed by atoms with Gasteiger partial charge in [-0.2, -0.15) is 0 Å². The minimum atomic E-state index is -0.759. The van der Waals surface area contributed by atoms with Crippen molar-refractivity contribution in [3.05, 3.63) is 0 Å². The molecule has 2 N–H and O–H groups in total. The molecule has 1 aliphatic carbocycles. The monoisotopic (exact) mass is 297 g/mol. The van der Waals surface area contributed by atoms with Gasteiger partial charge in [0.05, 0.1) is 5.41 Å². The molecule has 0 aromatic heterocycles. The van der Waals surface area contributed by atoms with Gasteiger partial charge in [-0.15, -0.1) is 0 Å². The van der Waals surface area contributed by atoms with Crippen LogP contribution in [0.15, 0.2) is 0 Å². The maximum Gasteiger partial charge on any atom is 0.311 e. The number of hydrogen-bond acceptors (Lipinski definition) is 2. The summed E-state index contributed by atoms with van der Waals surface area (Å²) >= 11 is 0. The smallest absolute Gasteiger partial charge is 0.311 e. The fourth-order valence-electron chi connectivity index (χ4n) is 3.47. The molecule has 1 rings (SSSR count). The summed E-state index contributed by atoms with van der Waals surface area (Å²) in [5.74, 6) is -0.458. The van der Waals surface area contributed by atoms with Gasteiger partial charge in [-0.05, 0) is 30.6 Å². The molecule has 1 unspecified atom stereocenters. The van der Waals surface area contributed by atoms with E-state index in [4.69, 9.17) is 0 Å². The molecule has 4 heteroatoms. The van der Waals surface area contributed by atoms with Gasteiger partial charge in [0, 0.05) is 13.0 Å². The number of carbonyl (C=O) groups is 2. The van der Waals surface area contributed by atoms with Crippen molar-refractivity contribution < 1.29 is 14.7 Å². The Labute approximate surface area is 128 Å². The molecule has 122 valence electrons. The van der Waals surface area contributed by atoms with E-state index in [0.717, 1.165) is 25.7 Å². The number of carbonyl (C=O) groups excluding carboxylic acids is 1. The van der Waals surface area contributed by atoms with Crippen molar-refractivity contribution in [1.29, 1.82) is 0 Å². The summed E-state index contributed by atoms with van der Waals surface area (Å²) in [6, 6.07) is 0. The molecule has 1 atom stereocenters. The van der Waals surface area contributed by atoms with E-state index >= 15 is 0 Å². The first-order valence-corrected chi connectivity index (χ1v) is 8.15. The van der Waals surface area contributed by atoms with Gasteiger partial charge in [0.2, 0.25) is 5.91 Å². The van der Waals surface area contributed by atoms with Crippen LogP contribution in [0.4, 0.5) is 0 Å². The van der Waals surface area contributed by atoms with E-state index in [1.54, 1.807) is 0 Å². The quantitative estimate of drug-likeness (QED) is 0.787. The second-order valence-corrected chi connectivity index (χ2v) is 8.00. The van der Waals surface area contributed by atoms with Crippen molar-refractivity contribution in [2.75, 3.05) is 6.54 Å². The summed E-state index contributed by atoms with van der Waals surface area (Å²) in [4.78, 5) is 23.6. The molecule has 0 aliphatic heterocycles. The Balaban J connectivity index is 2.45. The zero-order valence-electron chi connectivity index (χ0n) is 14.0. The minimum absolute atomic E-state index is 0.0158. The van der Waals surface area contributed by atoms with E-state index in [2.05, 4.69) is 33.0 Å². The zero-order valence-corrected chi connectivity index (χ0v) is 14.0. The van der Waals surface area contributed by atoms with Crippen LogP contribution in [0.1, 0.15) is 72.6 Å². The summed E-state index contributed by atoms with van der Waals surface area (Å²) in [6.45, 7) is 8.87. The number of carboxylic acids is 1. The first kappa shape index (κ1) is 18.0. The van der Waals surface area contributed by atoms with Crippen LogP contribution in [0.2, 0.25) is 0 Å². The lowest BCUT2D eigenvalue weighted by molar-refractivity contribution is -0.151. The number of carboxylic acid groups (broad SMARTS) is 1. The summed E-state index contributed by atoms with van der Waals surface area (Å²) < 4.78 is 0. The normalized spacial score (nSPS) is 19.8. The van der Waals surface area contributed by atoms with Crippen LogP contribution in [0, 0.1) is 16.7 Å². The molecule has 1 fully saturated rings. The molecule has 1 amide bonds. The molecule has 1 saturated carbocycles. The van der Waals surface area contributed by atoms with Crippen LogP contribution < -0.4 is 5.32 Å². The predicted molar refractivity (Wildman–Crippen MR) is 84.0 cm³/mol. The third-order valence-electron chi connectivity index (χ3n) is 4.38. The molecular weight excluding hydrogens is 266 g/mol. The van der Waals surface area contributed by atoms with E-state index in [1.807, 2.05) is 0 Å². The third-order valence-corrected chi connectivity index (χ3v) is 4.38. The first-order valence-electron chi connectivity index (χ1n) is 8.15. The lowest BCUT2D eigenvalue weighted by atomic mass is 9.74. The van der Waals surface area contributed by atoms with E-state index in [0.29, 0.717) is 25.2 Å². The van der Waals surface area contributed by atoms with Gasteiger partial charge < -0.3 is 10.4 Å². The second-order valence-electron chi connectivity index (χ2n) is 8.00. The number of aliphatic carboxylic acids is 1. The lowest BCUT2D eigenvalue weighted by Crippen LogP contribution is -2.44. The van der Waals surface area contributed by atoms with Crippen LogP contribution in [-0.2, 0) is 9.59 Å². The van der Waals surface area contributed by atoms with Crippen LogP contribution in [0.5, 0.6) is 0 Å². The summed E-state index contributed by atoms with van der Waals surface area (Å²) in [5.41, 5.74) is -0.521. The molecule has 0 aromatic rings. The van der Waals surface area contributed by atoms with Gasteiger partial charge in [-0.1, -0.05) is 47.0 Å². The molecule has 4 nitrogen and oxygen atoms in total. The average molecular weight is 297 g/mol. The lowest BCUT2D eigenvalue weighted by Gasteiger charge is -2.33. The molecule has 0 heterocycles. The molecule has 0 spiro atoms. The maximum atomic E-state index is 12.0. The molecule has 0 radical (unpaired) electrons. The van der Waals surface area contributed by atoms with Crippen molar-refractivity contribution in [1.82, 2.24) is 5.32 Å². The highest BCUT2D eigenvalue weighted by Gasteiger charge is 2.39.